The van der Waals surface area contributed by atoms with Crippen molar-refractivity contribution in [1.82, 2.24) is 9.97 Å². The lowest BCUT2D eigenvalue weighted by atomic mass is 10.0. The van der Waals surface area contributed by atoms with E-state index in [1.54, 1.807) is 4.90 Å². The Hall–Kier alpha value is -3.12. The fraction of sp³-hybridized carbons (Fsp3) is 0.407. The Balaban J connectivity index is 0.000000158. The third kappa shape index (κ3) is 6.06. The van der Waals surface area contributed by atoms with Crippen molar-refractivity contribution in [3.8, 4) is 0 Å². The molecule has 0 aliphatic carbocycles. The van der Waals surface area contributed by atoms with Crippen LogP contribution in [0, 0.1) is 0 Å². The number of halogens is 2. The maximum absolute atomic E-state index is 11.9. The highest BCUT2D eigenvalue weighted by Crippen LogP contribution is 2.31. The summed E-state index contributed by atoms with van der Waals surface area (Å²) in [5, 5.41) is 9.27. The number of aliphatic carboxylic acids is 1. The van der Waals surface area contributed by atoms with Gasteiger partial charge < -0.3 is 28.5 Å². The monoisotopic (exact) mass is 662 g/mol. The third-order valence-corrected chi connectivity index (χ3v) is 7.92. The van der Waals surface area contributed by atoms with E-state index >= 15 is 0 Å². The maximum Gasteiger partial charge on any atom is 0.328 e. The number of methoxy groups -OCH3 is 1. The van der Waals surface area contributed by atoms with Gasteiger partial charge in [-0.1, -0.05) is 31.9 Å². The van der Waals surface area contributed by atoms with E-state index in [0.717, 1.165) is 58.6 Å². The van der Waals surface area contributed by atoms with Gasteiger partial charge in [-0.2, -0.15) is 9.97 Å². The van der Waals surface area contributed by atoms with Crippen molar-refractivity contribution >= 4 is 78.0 Å². The van der Waals surface area contributed by atoms with E-state index in [9.17, 15) is 14.7 Å². The molecule has 6 rings (SSSR count). The van der Waals surface area contributed by atoms with Crippen LogP contribution in [0.3, 0.4) is 0 Å². The molecule has 2 aromatic heterocycles. The Morgan fingerprint density at radius 1 is 0.846 bits per heavy atom. The number of esters is 1. The average molecular weight is 664 g/mol. The Kier molecular flexibility index (Phi) is 8.41. The molecule has 4 heterocycles. The van der Waals surface area contributed by atoms with Gasteiger partial charge in [-0.3, -0.25) is 0 Å². The second kappa shape index (κ2) is 12.0. The molecule has 2 aliphatic heterocycles. The largest absolute Gasteiger partial charge is 0.480 e. The lowest BCUT2D eigenvalue weighted by Crippen LogP contribution is -2.45. The number of hydrogen-bond donors (Lipinski definition) is 1. The highest BCUT2D eigenvalue weighted by molar-refractivity contribution is 9.10. The molecule has 2 fully saturated rings. The zero-order valence-electron chi connectivity index (χ0n) is 21.3. The van der Waals surface area contributed by atoms with Crippen LogP contribution in [0.2, 0.25) is 0 Å². The number of benzene rings is 2. The number of nitrogens with zero attached hydrogens (tertiary/aromatic N) is 4. The first-order valence-corrected chi connectivity index (χ1v) is 14.4. The van der Waals surface area contributed by atoms with E-state index in [1.165, 1.54) is 7.11 Å². The van der Waals surface area contributed by atoms with Gasteiger partial charge >= 0.3 is 11.9 Å². The van der Waals surface area contributed by atoms with Crippen molar-refractivity contribution in [2.24, 2.45) is 0 Å². The SMILES string of the molecule is COC(=O)[C@@H]1CCCCN1c1nc2ccc(Br)cc2o1.O=C(O)[C@@H]1CCCCN1c1nc2ccc(Br)cc2o1. The number of piperidine rings is 2. The molecule has 39 heavy (non-hydrogen) atoms. The van der Waals surface area contributed by atoms with Gasteiger partial charge in [-0.05, 0) is 74.9 Å². The number of oxazole rings is 2. The number of carbonyl (C=O) groups excluding carboxylic acids is 1. The Morgan fingerprint density at radius 3 is 1.82 bits per heavy atom. The van der Waals surface area contributed by atoms with Crippen LogP contribution >= 0.6 is 31.9 Å². The van der Waals surface area contributed by atoms with Crippen molar-refractivity contribution in [2.75, 3.05) is 30.0 Å². The molecule has 206 valence electrons. The molecule has 2 atom stereocenters. The number of hydrogen-bond acceptors (Lipinski definition) is 9. The molecule has 1 N–H and O–H groups in total. The zero-order chi connectivity index (χ0) is 27.5. The number of ether oxygens (including phenoxy) is 1. The second-order valence-corrected chi connectivity index (χ2v) is 11.3. The molecular weight excluding hydrogens is 636 g/mol. The minimum Gasteiger partial charge on any atom is -0.480 e. The normalized spacial score (nSPS) is 19.6. The van der Waals surface area contributed by atoms with Gasteiger partial charge in [0.15, 0.2) is 11.2 Å². The van der Waals surface area contributed by atoms with Gasteiger partial charge in [0.2, 0.25) is 0 Å². The van der Waals surface area contributed by atoms with E-state index in [-0.39, 0.29) is 12.0 Å². The molecule has 12 heteroatoms. The smallest absolute Gasteiger partial charge is 0.328 e. The molecule has 10 nitrogen and oxygen atoms in total. The molecular formula is C27H28Br2N4O6. The molecule has 0 amide bonds. The molecule has 0 spiro atoms. The minimum atomic E-state index is -0.817. The van der Waals surface area contributed by atoms with E-state index in [4.69, 9.17) is 13.6 Å². The summed E-state index contributed by atoms with van der Waals surface area (Å²) in [6.07, 6.45) is 5.34. The molecule has 4 aromatic rings. The Bertz CT molecular complexity index is 1490. The summed E-state index contributed by atoms with van der Waals surface area (Å²) in [6, 6.07) is 11.3. The van der Waals surface area contributed by atoms with Crippen molar-refractivity contribution in [1.29, 1.82) is 0 Å². The first kappa shape index (κ1) is 27.4. The number of aromatic nitrogens is 2. The van der Waals surface area contributed by atoms with Gasteiger partial charge in [0, 0.05) is 22.0 Å². The zero-order valence-corrected chi connectivity index (χ0v) is 24.5. The summed E-state index contributed by atoms with van der Waals surface area (Å²) in [7, 11) is 1.41. The number of carboxylic acid groups (broad SMARTS) is 1. The van der Waals surface area contributed by atoms with Crippen LogP contribution in [0.4, 0.5) is 12.0 Å². The van der Waals surface area contributed by atoms with Crippen molar-refractivity contribution in [3.63, 3.8) is 0 Å². The summed E-state index contributed by atoms with van der Waals surface area (Å²) in [5.74, 6) is -1.05. The number of carbonyl (C=O) groups is 2. The fourth-order valence-electron chi connectivity index (χ4n) is 4.98. The van der Waals surface area contributed by atoms with Crippen LogP contribution in [0.15, 0.2) is 54.2 Å². The van der Waals surface area contributed by atoms with Gasteiger partial charge in [-0.25, -0.2) is 9.59 Å². The van der Waals surface area contributed by atoms with Gasteiger partial charge in [0.05, 0.1) is 7.11 Å². The first-order chi connectivity index (χ1) is 18.8. The standard InChI is InChI=1S/C14H15BrN2O3.C13H13BrN2O3/c1-19-13(18)11-4-2-3-7-17(11)14-16-10-6-5-9(15)8-12(10)20-14;14-8-4-5-9-11(7-8)19-13(15-9)16-6-2-1-3-10(16)12(17)18/h5-6,8,11H,2-4,7H2,1H3;4-5,7,10H,1-3,6H2,(H,17,18)/t11-;10-/m00/s1. The van der Waals surface area contributed by atoms with Crippen molar-refractivity contribution < 1.29 is 28.3 Å². The number of fused-ring (bicyclic) bond motifs is 2. The molecule has 2 aliphatic rings. The van der Waals surface area contributed by atoms with Crippen LogP contribution in [0.25, 0.3) is 22.2 Å². The average Bonchev–Trinajstić information content (AvgIpc) is 3.56. The Morgan fingerprint density at radius 2 is 1.33 bits per heavy atom. The van der Waals surface area contributed by atoms with Crippen LogP contribution in [-0.2, 0) is 14.3 Å². The lowest BCUT2D eigenvalue weighted by molar-refractivity contribution is -0.143. The fourth-order valence-corrected chi connectivity index (χ4v) is 5.66. The lowest BCUT2D eigenvalue weighted by Gasteiger charge is -2.32. The summed E-state index contributed by atoms with van der Waals surface area (Å²) >= 11 is 6.79. The van der Waals surface area contributed by atoms with Crippen molar-refractivity contribution in [2.45, 2.75) is 50.6 Å². The highest BCUT2D eigenvalue weighted by Gasteiger charge is 2.33. The van der Waals surface area contributed by atoms with Gasteiger partial charge in [0.1, 0.15) is 23.1 Å². The van der Waals surface area contributed by atoms with Gasteiger partial charge in [-0.15, -0.1) is 0 Å². The molecule has 0 saturated carbocycles. The topological polar surface area (TPSA) is 122 Å². The van der Waals surface area contributed by atoms with Crippen molar-refractivity contribution in [3.05, 3.63) is 45.3 Å². The van der Waals surface area contributed by atoms with Gasteiger partial charge in [0.25, 0.3) is 12.0 Å². The summed E-state index contributed by atoms with van der Waals surface area (Å²) in [4.78, 5) is 35.7. The molecule has 0 unspecified atom stereocenters. The highest BCUT2D eigenvalue weighted by atomic mass is 79.9. The Labute approximate surface area is 241 Å². The third-order valence-electron chi connectivity index (χ3n) is 6.93. The van der Waals surface area contributed by atoms with Crippen LogP contribution in [-0.4, -0.2) is 59.3 Å². The van der Waals surface area contributed by atoms with E-state index in [0.29, 0.717) is 36.2 Å². The molecule has 2 aromatic carbocycles. The van der Waals surface area contributed by atoms with E-state index < -0.39 is 12.0 Å². The molecule has 0 radical (unpaired) electrons. The van der Waals surface area contributed by atoms with Crippen LogP contribution in [0.5, 0.6) is 0 Å². The minimum absolute atomic E-state index is 0.229. The number of anilines is 2. The summed E-state index contributed by atoms with van der Waals surface area (Å²) in [6.45, 7) is 1.43. The summed E-state index contributed by atoms with van der Waals surface area (Å²) < 4.78 is 18.2. The predicted octanol–water partition coefficient (Wildman–Crippen LogP) is 6.16. The maximum atomic E-state index is 11.9. The first-order valence-electron chi connectivity index (χ1n) is 12.8. The second-order valence-electron chi connectivity index (χ2n) is 9.49. The quantitative estimate of drug-likeness (QED) is 0.254. The van der Waals surface area contributed by atoms with E-state index in [2.05, 4.69) is 41.8 Å². The number of rotatable bonds is 4. The predicted molar refractivity (Wildman–Crippen MR) is 153 cm³/mol. The molecule has 2 saturated heterocycles. The van der Waals surface area contributed by atoms with Crippen LogP contribution in [0.1, 0.15) is 38.5 Å². The van der Waals surface area contributed by atoms with E-state index in [1.807, 2.05) is 41.3 Å². The summed E-state index contributed by atoms with van der Waals surface area (Å²) in [5.41, 5.74) is 2.91. The van der Waals surface area contributed by atoms with Crippen LogP contribution < -0.4 is 9.80 Å². The molecule has 0 bridgehead atoms. The number of carboxylic acids is 1.